The van der Waals surface area contributed by atoms with Crippen molar-refractivity contribution in [3.8, 4) is 0 Å². The molecule has 47 heteroatoms. The van der Waals surface area contributed by atoms with Crippen LogP contribution in [0.3, 0.4) is 0 Å². The average molecular weight is 1730 g/mol. The van der Waals surface area contributed by atoms with Crippen molar-refractivity contribution in [1.29, 1.82) is 0 Å². The molecule has 0 aliphatic carbocycles. The molecule has 8 saturated heterocycles. The molecule has 0 bridgehead atoms. The van der Waals surface area contributed by atoms with Gasteiger partial charge in [0.05, 0.1) is 65.1 Å². The summed E-state index contributed by atoms with van der Waals surface area (Å²) in [6, 6.07) is 4.38. The standard InChI is InChI=1S/C72H112N10O36S/c83-24-37-47(91)49(93)55(99)69(109-37)115-63-41(28-87)113-71(59(103)53(63)97)117-61-39(26-85)111-67(57(101)51(61)95)107-14-8-2-1-6-12-81-22-35(77-79-81)20-73-65(105)31-16-32(18-34(17-31)75-44(89)11-5-4-10-43-46-33(30-119-43)19-45(90)76-46)66(106)74-21-36-23-82(80-78-36)13-7-3-9-15-108-68-58(102)52(96)62(40(27-86)112-68)118-72-60(104)54(98)64(42(29-88)114-72)116-70-56(100)50(94)48(92)38(25-84)110-70/h16-18,22-23,33,37-43,46-64,67-72,83-88,91-104H,1-15,19-21,24-30H2,(H,73,105)(H,74,106)(H,75,89)(H,76,90)/t33-,37?,38?,39?,40?,41?,42?,43-,46-,47+,48+,49+,50+,51-,52-,53-,54-,55?,56?,57?,58?,59?,60?,61+,62+,63+,64+,67-,68-,69+,70+,71+,72+/m1/s1. The van der Waals surface area contributed by atoms with E-state index in [2.05, 4.69) is 41.9 Å². The third kappa shape index (κ3) is 23.5. The fraction of sp³-hybridized carbons (Fsp3) is 0.806. The number of ether oxygens (including phenoxy) is 12. The van der Waals surface area contributed by atoms with Crippen LogP contribution < -0.4 is 21.3 Å². The molecule has 4 amide bonds. The number of nitrogens with zero attached hydrogens (tertiary/aromatic N) is 6. The first-order chi connectivity index (χ1) is 57.1. The molecule has 8 aliphatic heterocycles. The number of unbranched alkanes of at least 4 members (excludes halogenated alkanes) is 6. The Balaban J connectivity index is 0.598. The lowest BCUT2D eigenvalue weighted by Gasteiger charge is -2.48. The van der Waals surface area contributed by atoms with Crippen molar-refractivity contribution >= 4 is 41.1 Å². The van der Waals surface area contributed by atoms with Gasteiger partial charge in [0.1, 0.15) is 158 Å². The molecular weight excluding hydrogens is 1610 g/mol. The van der Waals surface area contributed by atoms with Crippen molar-refractivity contribution in [3.63, 3.8) is 0 Å². The summed E-state index contributed by atoms with van der Waals surface area (Å²) in [6.45, 7) is -4.22. The Morgan fingerprint density at radius 3 is 1.23 bits per heavy atom. The van der Waals surface area contributed by atoms with E-state index >= 15 is 0 Å². The van der Waals surface area contributed by atoms with Crippen molar-refractivity contribution in [3.05, 3.63) is 53.1 Å². The van der Waals surface area contributed by atoms with Crippen LogP contribution in [-0.2, 0) is 92.6 Å². The third-order valence-electron chi connectivity index (χ3n) is 22.1. The van der Waals surface area contributed by atoms with Crippen LogP contribution in [0.1, 0.15) is 109 Å². The van der Waals surface area contributed by atoms with E-state index in [1.807, 2.05) is 11.8 Å². The van der Waals surface area contributed by atoms with Gasteiger partial charge in [-0.15, -0.1) is 10.2 Å². The number of hydrogen-bond acceptors (Lipinski definition) is 41. The van der Waals surface area contributed by atoms with Crippen LogP contribution in [0.5, 0.6) is 0 Å². The van der Waals surface area contributed by atoms with Gasteiger partial charge in [-0.3, -0.25) is 28.5 Å². The molecule has 0 spiro atoms. The van der Waals surface area contributed by atoms with E-state index in [9.17, 15) is 121 Å². The number of aromatic nitrogens is 6. The van der Waals surface area contributed by atoms with Crippen molar-refractivity contribution < 1.29 is 178 Å². The van der Waals surface area contributed by atoms with Gasteiger partial charge in [0.15, 0.2) is 37.7 Å². The second kappa shape index (κ2) is 44.4. The highest BCUT2D eigenvalue weighted by molar-refractivity contribution is 8.00. The number of carbonyl (C=O) groups excluding carboxylic acids is 4. The number of aliphatic hydroxyl groups is 20. The van der Waals surface area contributed by atoms with E-state index in [1.54, 1.807) is 21.8 Å². The van der Waals surface area contributed by atoms with Gasteiger partial charge in [-0.25, -0.2) is 0 Å². The Morgan fingerprint density at radius 1 is 0.445 bits per heavy atom. The van der Waals surface area contributed by atoms with Gasteiger partial charge in [-0.05, 0) is 74.8 Å². The van der Waals surface area contributed by atoms with E-state index < -0.39 is 236 Å². The van der Waals surface area contributed by atoms with Crippen molar-refractivity contribution in [2.24, 2.45) is 5.92 Å². The highest BCUT2D eigenvalue weighted by Gasteiger charge is 2.57. The smallest absolute Gasteiger partial charge is 0.251 e. The lowest BCUT2D eigenvalue weighted by Crippen LogP contribution is -2.66. The highest BCUT2D eigenvalue weighted by atomic mass is 32.2. The van der Waals surface area contributed by atoms with Gasteiger partial charge in [0.25, 0.3) is 11.8 Å². The second-order valence-corrected chi connectivity index (χ2v) is 31.9. The normalized spacial score (nSPS) is 38.0. The van der Waals surface area contributed by atoms with Gasteiger partial charge in [0.2, 0.25) is 11.8 Å². The predicted octanol–water partition coefficient (Wildman–Crippen LogP) is -10.5. The summed E-state index contributed by atoms with van der Waals surface area (Å²) in [6.07, 6.45) is -41.3. The molecule has 46 nitrogen and oxygen atoms in total. The Hall–Kier alpha value is -5.55. The molecule has 24 N–H and O–H groups in total. The molecule has 8 fully saturated rings. The summed E-state index contributed by atoms with van der Waals surface area (Å²) in [4.78, 5) is 53.3. The molecule has 0 saturated carbocycles. The van der Waals surface area contributed by atoms with E-state index in [4.69, 9.17) is 56.8 Å². The van der Waals surface area contributed by atoms with Crippen LogP contribution in [0.15, 0.2) is 30.6 Å². The van der Waals surface area contributed by atoms with Gasteiger partial charge in [-0.1, -0.05) is 29.7 Å². The maximum Gasteiger partial charge on any atom is 0.251 e. The number of nitrogens with one attached hydrogen (secondary N) is 4. The number of hydrogen-bond donors (Lipinski definition) is 24. The first-order valence-electron chi connectivity index (χ1n) is 39.8. The maximum atomic E-state index is 13.9. The minimum Gasteiger partial charge on any atom is -0.394 e. The van der Waals surface area contributed by atoms with Crippen LogP contribution in [0.4, 0.5) is 5.69 Å². The number of fused-ring (bicyclic) bond motifs is 1. The number of aliphatic hydroxyl groups excluding tert-OH is 20. The first-order valence-corrected chi connectivity index (χ1v) is 40.9. The van der Waals surface area contributed by atoms with Gasteiger partial charge < -0.3 is 180 Å². The molecule has 1 aromatic carbocycles. The first kappa shape index (κ1) is 94.1. The van der Waals surface area contributed by atoms with Crippen LogP contribution in [0, 0.1) is 5.92 Å². The minimum absolute atomic E-state index is 0.00889. The summed E-state index contributed by atoms with van der Waals surface area (Å²) >= 11 is 1.83. The van der Waals surface area contributed by atoms with E-state index in [0.29, 0.717) is 88.2 Å². The number of rotatable bonds is 41. The van der Waals surface area contributed by atoms with Crippen molar-refractivity contribution in [2.45, 2.75) is 299 Å². The number of benzene rings is 1. The Bertz CT molecular complexity index is 3650. The van der Waals surface area contributed by atoms with Gasteiger partial charge in [0, 0.05) is 67.3 Å². The molecule has 3 aromatic rings. The average Bonchev–Trinajstić information content (AvgIpc) is 1.26. The zero-order valence-electron chi connectivity index (χ0n) is 64.7. The predicted molar refractivity (Wildman–Crippen MR) is 394 cm³/mol. The lowest BCUT2D eigenvalue weighted by atomic mass is 9.96. The number of anilines is 1. The summed E-state index contributed by atoms with van der Waals surface area (Å²) in [5, 5.41) is 239. The molecular formula is C72H112N10O36S. The van der Waals surface area contributed by atoms with E-state index in [0.717, 1.165) is 18.6 Å². The summed E-state index contributed by atoms with van der Waals surface area (Å²) < 4.78 is 70.8. The molecule has 10 heterocycles. The fourth-order valence-electron chi connectivity index (χ4n) is 15.4. The molecule has 11 rings (SSSR count). The van der Waals surface area contributed by atoms with Gasteiger partial charge in [-0.2, -0.15) is 11.8 Å². The quantitative estimate of drug-likeness (QED) is 0.0235. The molecule has 12 unspecified atom stereocenters. The van der Waals surface area contributed by atoms with E-state index in [-0.39, 0.29) is 72.6 Å². The summed E-state index contributed by atoms with van der Waals surface area (Å²) in [5.74, 6) is -0.283. The largest absolute Gasteiger partial charge is 0.394 e. The Labute approximate surface area is 684 Å². The topological polar surface area (TPSA) is 693 Å². The molecule has 2 aromatic heterocycles. The molecule has 33 atom stereocenters. The fourth-order valence-corrected chi connectivity index (χ4v) is 17.0. The third-order valence-corrected chi connectivity index (χ3v) is 23.7. The minimum atomic E-state index is -2.00. The summed E-state index contributed by atoms with van der Waals surface area (Å²) in [5.41, 5.74) is 1.05. The number of amides is 4. The van der Waals surface area contributed by atoms with Crippen LogP contribution in [0.2, 0.25) is 0 Å². The van der Waals surface area contributed by atoms with Crippen molar-refractivity contribution in [1.82, 2.24) is 45.9 Å². The second-order valence-electron chi connectivity index (χ2n) is 30.7. The Morgan fingerprint density at radius 2 is 0.815 bits per heavy atom. The number of thioether (sulfide) groups is 1. The van der Waals surface area contributed by atoms with Crippen LogP contribution >= 0.6 is 11.8 Å². The lowest BCUT2D eigenvalue weighted by molar-refractivity contribution is -0.379. The maximum absolute atomic E-state index is 13.9. The number of carbonyl (C=O) groups is 4. The van der Waals surface area contributed by atoms with Crippen LogP contribution in [0.25, 0.3) is 0 Å². The SMILES string of the molecule is O=C(CCCC[C@H]1SC[C@H]2CC(=O)N[C@H]21)Nc1cc(C(=O)NCc2cn(CCCCCCO[C@@H]3OC(CO)[C@H](O[C@@H]4OC(CO)[C@H](O[C@@H]5OC(CO)[C@H](O)[C@H](O)C5O)[C@H](O)C4O)[C@H](O)C3O)nn2)cc(C(=O)NCc2cn(CCCCCO[C@@H]3OC(CO)[C@H](O[C@@H]4OC(CO)[C@H](O[C@@H]5OC(CO)[C@H](O)[C@H](O)C5O)[C@H](O)C4O)[C@H](O)C3O)nn2)c1. The molecule has 119 heavy (non-hydrogen) atoms. The monoisotopic (exact) mass is 1720 g/mol. The zero-order valence-corrected chi connectivity index (χ0v) is 65.5. The Kier molecular flexibility index (Phi) is 35.1. The highest BCUT2D eigenvalue weighted by Crippen LogP contribution is 2.41. The molecule has 0 radical (unpaired) electrons. The molecule has 8 aliphatic rings. The number of aryl methyl sites for hydroxylation is 2. The van der Waals surface area contributed by atoms with Crippen molar-refractivity contribution in [2.75, 3.05) is 63.9 Å². The van der Waals surface area contributed by atoms with E-state index in [1.165, 1.54) is 18.2 Å². The summed E-state index contributed by atoms with van der Waals surface area (Å²) in [7, 11) is 0. The molecule has 672 valence electrons. The van der Waals surface area contributed by atoms with Crippen LogP contribution in [-0.4, -0.2) is 410 Å². The zero-order chi connectivity index (χ0) is 85.5. The van der Waals surface area contributed by atoms with Gasteiger partial charge >= 0.3 is 0 Å².